The van der Waals surface area contributed by atoms with Crippen LogP contribution >= 0.6 is 0 Å². The Morgan fingerprint density at radius 1 is 1.20 bits per heavy atom. The van der Waals surface area contributed by atoms with Crippen molar-refractivity contribution in [3.63, 3.8) is 0 Å². The summed E-state index contributed by atoms with van der Waals surface area (Å²) in [6.07, 6.45) is 4.70. The summed E-state index contributed by atoms with van der Waals surface area (Å²) >= 11 is 0. The zero-order valence-electron chi connectivity index (χ0n) is 11.7. The SMILES string of the molecule is CNC(Cc1ccc2ccccc2n1)c1cn(C)cn1. The van der Waals surface area contributed by atoms with Gasteiger partial charge in [0.15, 0.2) is 0 Å². The van der Waals surface area contributed by atoms with E-state index in [2.05, 4.69) is 28.5 Å². The largest absolute Gasteiger partial charge is 0.340 e. The van der Waals surface area contributed by atoms with Crippen LogP contribution in [0.15, 0.2) is 48.9 Å². The van der Waals surface area contributed by atoms with Crippen molar-refractivity contribution in [3.8, 4) is 0 Å². The van der Waals surface area contributed by atoms with Crippen LogP contribution in [0.3, 0.4) is 0 Å². The fraction of sp³-hybridized carbons (Fsp3) is 0.250. The van der Waals surface area contributed by atoms with Gasteiger partial charge in [-0.1, -0.05) is 24.3 Å². The van der Waals surface area contributed by atoms with E-state index in [1.807, 2.05) is 49.4 Å². The molecule has 1 aromatic carbocycles. The average molecular weight is 266 g/mol. The lowest BCUT2D eigenvalue weighted by atomic mass is 10.1. The smallest absolute Gasteiger partial charge is 0.0947 e. The van der Waals surface area contributed by atoms with Gasteiger partial charge in [-0.25, -0.2) is 4.98 Å². The predicted octanol–water partition coefficient (Wildman–Crippen LogP) is 2.47. The van der Waals surface area contributed by atoms with Crippen LogP contribution in [0, 0.1) is 0 Å². The molecule has 0 spiro atoms. The van der Waals surface area contributed by atoms with Crippen LogP contribution in [0.25, 0.3) is 10.9 Å². The third-order valence-electron chi connectivity index (χ3n) is 3.50. The summed E-state index contributed by atoms with van der Waals surface area (Å²) in [5.74, 6) is 0. The van der Waals surface area contributed by atoms with E-state index in [9.17, 15) is 0 Å². The first-order valence-corrected chi connectivity index (χ1v) is 6.76. The second-order valence-electron chi connectivity index (χ2n) is 5.00. The maximum Gasteiger partial charge on any atom is 0.0947 e. The normalized spacial score (nSPS) is 12.7. The van der Waals surface area contributed by atoms with E-state index in [0.29, 0.717) is 0 Å². The number of rotatable bonds is 4. The first-order valence-electron chi connectivity index (χ1n) is 6.76. The Kier molecular flexibility index (Phi) is 3.48. The van der Waals surface area contributed by atoms with E-state index >= 15 is 0 Å². The van der Waals surface area contributed by atoms with Crippen LogP contribution in [0.4, 0.5) is 0 Å². The highest BCUT2D eigenvalue weighted by Gasteiger charge is 2.13. The molecule has 0 saturated carbocycles. The van der Waals surface area contributed by atoms with Gasteiger partial charge in [0.05, 0.1) is 23.6 Å². The van der Waals surface area contributed by atoms with Crippen molar-refractivity contribution in [2.75, 3.05) is 7.05 Å². The Morgan fingerprint density at radius 2 is 2.05 bits per heavy atom. The van der Waals surface area contributed by atoms with E-state index in [0.717, 1.165) is 23.3 Å². The standard InChI is InChI=1S/C16H18N4/c1-17-15(16-10-20(2)11-18-16)9-13-8-7-12-5-3-4-6-14(12)19-13/h3-8,10-11,15,17H,9H2,1-2H3. The minimum atomic E-state index is 0.185. The minimum absolute atomic E-state index is 0.185. The Balaban J connectivity index is 1.87. The van der Waals surface area contributed by atoms with Crippen LogP contribution in [0.2, 0.25) is 0 Å². The lowest BCUT2D eigenvalue weighted by Crippen LogP contribution is -2.19. The third-order valence-corrected chi connectivity index (χ3v) is 3.50. The first-order chi connectivity index (χ1) is 9.76. The second-order valence-corrected chi connectivity index (χ2v) is 5.00. The molecule has 2 heterocycles. The summed E-state index contributed by atoms with van der Waals surface area (Å²) < 4.78 is 1.97. The van der Waals surface area contributed by atoms with Gasteiger partial charge >= 0.3 is 0 Å². The number of imidazole rings is 1. The summed E-state index contributed by atoms with van der Waals surface area (Å²) in [5, 5.41) is 4.49. The van der Waals surface area contributed by atoms with E-state index in [1.54, 1.807) is 0 Å². The van der Waals surface area contributed by atoms with Crippen molar-refractivity contribution in [3.05, 3.63) is 60.3 Å². The van der Waals surface area contributed by atoms with Crippen molar-refractivity contribution in [2.24, 2.45) is 7.05 Å². The molecule has 0 aliphatic rings. The highest BCUT2D eigenvalue weighted by molar-refractivity contribution is 5.78. The number of aromatic nitrogens is 3. The topological polar surface area (TPSA) is 42.7 Å². The zero-order chi connectivity index (χ0) is 13.9. The molecule has 0 amide bonds. The summed E-state index contributed by atoms with van der Waals surface area (Å²) in [4.78, 5) is 9.14. The number of nitrogens with one attached hydrogen (secondary N) is 1. The van der Waals surface area contributed by atoms with Gasteiger partial charge in [0.1, 0.15) is 0 Å². The van der Waals surface area contributed by atoms with Crippen LogP contribution in [-0.4, -0.2) is 21.6 Å². The monoisotopic (exact) mass is 266 g/mol. The summed E-state index contributed by atoms with van der Waals surface area (Å²) in [6, 6.07) is 12.6. The van der Waals surface area contributed by atoms with Crippen LogP contribution in [0.5, 0.6) is 0 Å². The average Bonchev–Trinajstić information content (AvgIpc) is 2.91. The van der Waals surface area contributed by atoms with Gasteiger partial charge in [0, 0.05) is 30.7 Å². The molecule has 0 radical (unpaired) electrons. The van der Waals surface area contributed by atoms with E-state index in [-0.39, 0.29) is 6.04 Å². The molecule has 4 heteroatoms. The number of likely N-dealkylation sites (N-methyl/N-ethyl adjacent to an activating group) is 1. The lowest BCUT2D eigenvalue weighted by Gasteiger charge is -2.13. The number of para-hydroxylation sites is 1. The quantitative estimate of drug-likeness (QED) is 0.789. The molecule has 2 aromatic heterocycles. The molecule has 4 nitrogen and oxygen atoms in total. The molecule has 1 unspecified atom stereocenters. The van der Waals surface area contributed by atoms with E-state index in [1.165, 1.54) is 5.39 Å². The summed E-state index contributed by atoms with van der Waals surface area (Å²) in [5.41, 5.74) is 3.17. The van der Waals surface area contributed by atoms with Gasteiger partial charge in [-0.2, -0.15) is 0 Å². The molecule has 1 atom stereocenters. The minimum Gasteiger partial charge on any atom is -0.340 e. The lowest BCUT2D eigenvalue weighted by molar-refractivity contribution is 0.572. The number of hydrogen-bond acceptors (Lipinski definition) is 3. The molecule has 0 bridgehead atoms. The number of hydrogen-bond donors (Lipinski definition) is 1. The Hall–Kier alpha value is -2.20. The molecule has 0 fully saturated rings. The Labute approximate surface area is 118 Å². The van der Waals surface area contributed by atoms with Gasteiger partial charge in [-0.15, -0.1) is 0 Å². The number of nitrogens with zero attached hydrogens (tertiary/aromatic N) is 3. The molecular weight excluding hydrogens is 248 g/mol. The van der Waals surface area contributed by atoms with E-state index in [4.69, 9.17) is 4.98 Å². The number of aryl methyl sites for hydroxylation is 1. The summed E-state index contributed by atoms with van der Waals surface area (Å²) in [7, 11) is 3.94. The van der Waals surface area contributed by atoms with Crippen molar-refractivity contribution in [1.82, 2.24) is 19.9 Å². The fourth-order valence-electron chi connectivity index (χ4n) is 2.40. The van der Waals surface area contributed by atoms with Gasteiger partial charge in [-0.3, -0.25) is 4.98 Å². The first kappa shape index (κ1) is 12.8. The molecule has 20 heavy (non-hydrogen) atoms. The van der Waals surface area contributed by atoms with Crippen molar-refractivity contribution >= 4 is 10.9 Å². The molecule has 0 saturated heterocycles. The number of benzene rings is 1. The molecule has 0 aliphatic heterocycles. The van der Waals surface area contributed by atoms with Crippen molar-refractivity contribution < 1.29 is 0 Å². The van der Waals surface area contributed by atoms with Crippen LogP contribution < -0.4 is 5.32 Å². The van der Waals surface area contributed by atoms with Crippen LogP contribution in [0.1, 0.15) is 17.4 Å². The van der Waals surface area contributed by atoms with Crippen molar-refractivity contribution in [1.29, 1.82) is 0 Å². The molecule has 3 aromatic rings. The third kappa shape index (κ3) is 2.56. The zero-order valence-corrected chi connectivity index (χ0v) is 11.7. The highest BCUT2D eigenvalue weighted by Crippen LogP contribution is 2.18. The van der Waals surface area contributed by atoms with Gasteiger partial charge in [0.2, 0.25) is 0 Å². The Bertz CT molecular complexity index is 717. The molecule has 102 valence electrons. The van der Waals surface area contributed by atoms with Gasteiger partial charge in [0.25, 0.3) is 0 Å². The maximum absolute atomic E-state index is 4.72. The molecule has 3 rings (SSSR count). The van der Waals surface area contributed by atoms with Crippen molar-refractivity contribution in [2.45, 2.75) is 12.5 Å². The molecular formula is C16H18N4. The van der Waals surface area contributed by atoms with E-state index < -0.39 is 0 Å². The van der Waals surface area contributed by atoms with Gasteiger partial charge < -0.3 is 9.88 Å². The second kappa shape index (κ2) is 5.43. The van der Waals surface area contributed by atoms with Gasteiger partial charge in [-0.05, 0) is 19.2 Å². The molecule has 1 N–H and O–H groups in total. The summed E-state index contributed by atoms with van der Waals surface area (Å²) in [6.45, 7) is 0. The highest BCUT2D eigenvalue weighted by atomic mass is 15.0. The van der Waals surface area contributed by atoms with Crippen LogP contribution in [-0.2, 0) is 13.5 Å². The number of fused-ring (bicyclic) bond motifs is 1. The maximum atomic E-state index is 4.72. The molecule has 0 aliphatic carbocycles. The predicted molar refractivity (Wildman–Crippen MR) is 80.5 cm³/mol. The number of pyridine rings is 1. The fourth-order valence-corrected chi connectivity index (χ4v) is 2.40. The Morgan fingerprint density at radius 3 is 2.80 bits per heavy atom.